The Labute approximate surface area is 153 Å². The maximum atomic E-state index is 11.9. The van der Waals surface area contributed by atoms with Crippen molar-refractivity contribution in [1.29, 1.82) is 0 Å². The molecule has 9 nitrogen and oxygen atoms in total. The number of esters is 1. The van der Waals surface area contributed by atoms with Gasteiger partial charge in [-0.15, -0.1) is 0 Å². The Balaban J connectivity index is 1.79. The molecule has 0 saturated carbocycles. The maximum absolute atomic E-state index is 11.9. The summed E-state index contributed by atoms with van der Waals surface area (Å²) in [6.45, 7) is 0. The van der Waals surface area contributed by atoms with Crippen molar-refractivity contribution in [2.75, 3.05) is 12.5 Å². The van der Waals surface area contributed by atoms with Crippen LogP contribution in [0.4, 0.5) is 11.5 Å². The minimum Gasteiger partial charge on any atom is -0.465 e. The van der Waals surface area contributed by atoms with Crippen LogP contribution in [0.1, 0.15) is 16.1 Å². The van der Waals surface area contributed by atoms with E-state index in [1.165, 1.54) is 31.7 Å². The molecule has 0 radical (unpaired) electrons. The number of anilines is 1. The number of carbonyl (C=O) groups excluding carboxylic acids is 1. The van der Waals surface area contributed by atoms with Crippen molar-refractivity contribution in [2.45, 2.75) is 0 Å². The number of hydrogen-bond acceptors (Lipinski definition) is 8. The van der Waals surface area contributed by atoms with Gasteiger partial charge in [0.1, 0.15) is 11.5 Å². The topological polar surface area (TPSA) is 120 Å². The van der Waals surface area contributed by atoms with E-state index < -0.39 is 10.9 Å². The third kappa shape index (κ3) is 3.98. The van der Waals surface area contributed by atoms with Gasteiger partial charge in [0.2, 0.25) is 5.82 Å². The van der Waals surface area contributed by atoms with Gasteiger partial charge in [-0.1, -0.05) is 18.2 Å². The van der Waals surface area contributed by atoms with Gasteiger partial charge in [0.05, 0.1) is 23.8 Å². The molecule has 1 aromatic carbocycles. The average molecular weight is 366 g/mol. The SMILES string of the molecule is COC(=O)c1ccccc1-c1ccc(/C=N\Nc2ncccc2[N+](=O)[O-])o1. The Morgan fingerprint density at radius 1 is 1.26 bits per heavy atom. The van der Waals surface area contributed by atoms with Crippen LogP contribution in [-0.4, -0.2) is 29.2 Å². The van der Waals surface area contributed by atoms with Crippen LogP contribution in [0.2, 0.25) is 0 Å². The number of rotatable bonds is 6. The summed E-state index contributed by atoms with van der Waals surface area (Å²) in [5.41, 5.74) is 3.28. The number of hydrogen-bond donors (Lipinski definition) is 1. The second kappa shape index (κ2) is 7.91. The lowest BCUT2D eigenvalue weighted by molar-refractivity contribution is -0.384. The Bertz CT molecular complexity index is 1010. The van der Waals surface area contributed by atoms with Gasteiger partial charge in [-0.2, -0.15) is 5.10 Å². The zero-order chi connectivity index (χ0) is 19.2. The molecule has 3 aromatic rings. The van der Waals surface area contributed by atoms with Crippen LogP contribution < -0.4 is 5.43 Å². The van der Waals surface area contributed by atoms with Crippen LogP contribution in [0.5, 0.6) is 0 Å². The van der Waals surface area contributed by atoms with E-state index in [2.05, 4.69) is 15.5 Å². The molecule has 0 aliphatic heterocycles. The monoisotopic (exact) mass is 366 g/mol. The fourth-order valence-corrected chi connectivity index (χ4v) is 2.34. The average Bonchev–Trinajstić information content (AvgIpc) is 3.16. The number of nitrogens with zero attached hydrogens (tertiary/aromatic N) is 3. The van der Waals surface area contributed by atoms with Crippen molar-refractivity contribution in [2.24, 2.45) is 5.10 Å². The van der Waals surface area contributed by atoms with Gasteiger partial charge in [0.25, 0.3) is 0 Å². The maximum Gasteiger partial charge on any atom is 0.338 e. The van der Waals surface area contributed by atoms with E-state index in [4.69, 9.17) is 9.15 Å². The minimum atomic E-state index is -0.556. The molecule has 2 aromatic heterocycles. The highest BCUT2D eigenvalue weighted by Gasteiger charge is 2.15. The van der Waals surface area contributed by atoms with Crippen LogP contribution in [-0.2, 0) is 4.74 Å². The first-order valence-electron chi connectivity index (χ1n) is 7.76. The van der Waals surface area contributed by atoms with Crippen molar-refractivity contribution in [3.8, 4) is 11.3 Å². The predicted octanol–water partition coefficient (Wildman–Crippen LogP) is 3.48. The van der Waals surface area contributed by atoms with E-state index in [1.807, 2.05) is 0 Å². The molecule has 2 heterocycles. The second-order valence-electron chi connectivity index (χ2n) is 5.24. The van der Waals surface area contributed by atoms with Crippen LogP contribution in [0, 0.1) is 10.1 Å². The number of nitrogens with one attached hydrogen (secondary N) is 1. The molecule has 9 heteroatoms. The molecular weight excluding hydrogens is 352 g/mol. The Morgan fingerprint density at radius 2 is 2.07 bits per heavy atom. The van der Waals surface area contributed by atoms with E-state index in [1.54, 1.807) is 36.4 Å². The first-order valence-corrected chi connectivity index (χ1v) is 7.76. The minimum absolute atomic E-state index is 0.0153. The Morgan fingerprint density at radius 3 is 2.85 bits per heavy atom. The summed E-state index contributed by atoms with van der Waals surface area (Å²) in [4.78, 5) is 26.1. The number of hydrazone groups is 1. The molecule has 0 fully saturated rings. The van der Waals surface area contributed by atoms with E-state index in [0.29, 0.717) is 22.6 Å². The van der Waals surface area contributed by atoms with E-state index >= 15 is 0 Å². The van der Waals surface area contributed by atoms with Crippen LogP contribution in [0.3, 0.4) is 0 Å². The van der Waals surface area contributed by atoms with Gasteiger partial charge >= 0.3 is 11.7 Å². The van der Waals surface area contributed by atoms with Gasteiger partial charge in [-0.05, 0) is 24.3 Å². The lowest BCUT2D eigenvalue weighted by Gasteiger charge is -2.04. The molecular formula is C18H14N4O5. The Hall–Kier alpha value is -4.01. The van der Waals surface area contributed by atoms with Crippen LogP contribution >= 0.6 is 0 Å². The van der Waals surface area contributed by atoms with Gasteiger partial charge < -0.3 is 9.15 Å². The molecule has 0 amide bonds. The molecule has 136 valence electrons. The fraction of sp³-hybridized carbons (Fsp3) is 0.0556. The predicted molar refractivity (Wildman–Crippen MR) is 97.6 cm³/mol. The number of aromatic nitrogens is 1. The lowest BCUT2D eigenvalue weighted by atomic mass is 10.1. The third-order valence-corrected chi connectivity index (χ3v) is 3.57. The van der Waals surface area contributed by atoms with Crippen molar-refractivity contribution in [3.05, 3.63) is 76.2 Å². The summed E-state index contributed by atoms with van der Waals surface area (Å²) < 4.78 is 10.4. The largest absolute Gasteiger partial charge is 0.465 e. The highest BCUT2D eigenvalue weighted by Crippen LogP contribution is 2.26. The molecule has 0 unspecified atom stereocenters. The number of benzene rings is 1. The molecule has 0 saturated heterocycles. The Kier molecular flexibility index (Phi) is 5.22. The molecule has 0 aliphatic carbocycles. The molecule has 0 spiro atoms. The van der Waals surface area contributed by atoms with Gasteiger partial charge in [0, 0.05) is 17.8 Å². The molecule has 0 aliphatic rings. The quantitative estimate of drug-likeness (QED) is 0.307. The summed E-state index contributed by atoms with van der Waals surface area (Å²) in [6.07, 6.45) is 2.77. The summed E-state index contributed by atoms with van der Waals surface area (Å²) in [7, 11) is 1.31. The summed E-state index contributed by atoms with van der Waals surface area (Å²) in [5.74, 6) is 0.389. The highest BCUT2D eigenvalue weighted by molar-refractivity contribution is 5.96. The number of ether oxygens (including phenoxy) is 1. The van der Waals surface area contributed by atoms with Gasteiger partial charge in [-0.3, -0.25) is 15.5 Å². The molecule has 0 atom stereocenters. The summed E-state index contributed by atoms with van der Waals surface area (Å²) >= 11 is 0. The normalized spacial score (nSPS) is 10.7. The van der Waals surface area contributed by atoms with Gasteiger partial charge in [0.15, 0.2) is 0 Å². The number of methoxy groups -OCH3 is 1. The number of furan rings is 1. The fourth-order valence-electron chi connectivity index (χ4n) is 2.34. The van der Waals surface area contributed by atoms with Crippen molar-refractivity contribution < 1.29 is 18.9 Å². The smallest absolute Gasteiger partial charge is 0.338 e. The number of carbonyl (C=O) groups is 1. The van der Waals surface area contributed by atoms with Crippen molar-refractivity contribution >= 4 is 23.7 Å². The molecule has 1 N–H and O–H groups in total. The molecule has 3 rings (SSSR count). The van der Waals surface area contributed by atoms with E-state index in [9.17, 15) is 14.9 Å². The third-order valence-electron chi connectivity index (χ3n) is 3.57. The molecule has 27 heavy (non-hydrogen) atoms. The van der Waals surface area contributed by atoms with Crippen molar-refractivity contribution in [1.82, 2.24) is 4.98 Å². The van der Waals surface area contributed by atoms with Crippen LogP contribution in [0.15, 0.2) is 64.2 Å². The lowest BCUT2D eigenvalue weighted by Crippen LogP contribution is -2.02. The van der Waals surface area contributed by atoms with E-state index in [-0.39, 0.29) is 11.5 Å². The van der Waals surface area contributed by atoms with Crippen molar-refractivity contribution in [3.63, 3.8) is 0 Å². The van der Waals surface area contributed by atoms with Gasteiger partial charge in [-0.25, -0.2) is 9.78 Å². The number of nitro groups is 1. The zero-order valence-corrected chi connectivity index (χ0v) is 14.2. The summed E-state index contributed by atoms with van der Waals surface area (Å²) in [6, 6.07) is 13.0. The molecule has 0 bridgehead atoms. The van der Waals surface area contributed by atoms with Crippen LogP contribution in [0.25, 0.3) is 11.3 Å². The first-order chi connectivity index (χ1) is 13.1. The summed E-state index contributed by atoms with van der Waals surface area (Å²) in [5, 5.41) is 14.9. The van der Waals surface area contributed by atoms with E-state index in [0.717, 1.165) is 0 Å². The zero-order valence-electron chi connectivity index (χ0n) is 14.2. The second-order valence-corrected chi connectivity index (χ2v) is 5.24. The standard InChI is InChI=1S/C18H14N4O5/c1-26-18(23)14-6-3-2-5-13(14)16-9-8-12(27-16)11-20-21-17-15(22(24)25)7-4-10-19-17/h2-11H,1H3,(H,19,21)/b20-11-. The number of pyridine rings is 1. The first kappa shape index (κ1) is 17.8. The highest BCUT2D eigenvalue weighted by atomic mass is 16.6.